The predicted octanol–water partition coefficient (Wildman–Crippen LogP) is 2.73. The molecule has 1 aromatic carbocycles. The summed E-state index contributed by atoms with van der Waals surface area (Å²) >= 11 is 6.00. The van der Waals surface area contributed by atoms with Crippen LogP contribution in [0, 0.1) is 0 Å². The van der Waals surface area contributed by atoms with Crippen LogP contribution in [0.1, 0.15) is 23.7 Å². The van der Waals surface area contributed by atoms with Gasteiger partial charge in [-0.05, 0) is 25.5 Å². The Morgan fingerprint density at radius 1 is 1.40 bits per heavy atom. The topological polar surface area (TPSA) is 53.4 Å². The van der Waals surface area contributed by atoms with Crippen LogP contribution >= 0.6 is 11.6 Å². The van der Waals surface area contributed by atoms with Crippen molar-refractivity contribution >= 4 is 28.4 Å². The number of nitrogens with zero attached hydrogens (tertiary/aromatic N) is 2. The minimum atomic E-state index is -0.0820. The minimum absolute atomic E-state index is 0.0711. The van der Waals surface area contributed by atoms with E-state index in [1.807, 2.05) is 31.2 Å². The average molecular weight is 293 g/mol. The zero-order chi connectivity index (χ0) is 14.5. The van der Waals surface area contributed by atoms with Crippen LogP contribution in [-0.2, 0) is 0 Å². The Morgan fingerprint density at radius 2 is 2.15 bits per heavy atom. The first-order chi connectivity index (χ1) is 9.67. The van der Waals surface area contributed by atoms with Crippen LogP contribution in [-0.4, -0.2) is 40.6 Å². The number of halogens is 1. The molecule has 0 aliphatic carbocycles. The van der Waals surface area contributed by atoms with Crippen molar-refractivity contribution in [3.8, 4) is 0 Å². The fourth-order valence-corrected chi connectivity index (χ4v) is 2.36. The summed E-state index contributed by atoms with van der Waals surface area (Å²) in [6, 6.07) is 9.05. The molecule has 20 heavy (non-hydrogen) atoms. The molecule has 0 saturated heterocycles. The molecule has 5 heteroatoms. The van der Waals surface area contributed by atoms with Gasteiger partial charge in [-0.25, -0.2) is 4.98 Å². The number of carbonyl (C=O) groups excluding carboxylic acids is 1. The highest BCUT2D eigenvalue weighted by Gasteiger charge is 2.17. The molecule has 1 amide bonds. The Kier molecular flexibility index (Phi) is 4.93. The van der Waals surface area contributed by atoms with Crippen LogP contribution in [0.15, 0.2) is 30.3 Å². The Labute approximate surface area is 123 Å². The van der Waals surface area contributed by atoms with Gasteiger partial charge in [-0.1, -0.05) is 29.8 Å². The summed E-state index contributed by atoms with van der Waals surface area (Å²) in [6.07, 6.45) is 0.566. The lowest BCUT2D eigenvalue weighted by Crippen LogP contribution is -2.32. The van der Waals surface area contributed by atoms with E-state index in [0.29, 0.717) is 35.7 Å². The van der Waals surface area contributed by atoms with Gasteiger partial charge in [-0.3, -0.25) is 4.79 Å². The zero-order valence-electron chi connectivity index (χ0n) is 11.3. The molecule has 0 aliphatic heterocycles. The van der Waals surface area contributed by atoms with Gasteiger partial charge in [-0.2, -0.15) is 0 Å². The fourth-order valence-electron chi connectivity index (χ4n) is 2.16. The minimum Gasteiger partial charge on any atom is -0.396 e. The molecule has 1 heterocycles. The lowest BCUT2D eigenvalue weighted by molar-refractivity contribution is 0.0756. The van der Waals surface area contributed by atoms with E-state index in [4.69, 9.17) is 16.7 Å². The van der Waals surface area contributed by atoms with E-state index < -0.39 is 0 Å². The number of aliphatic hydroxyl groups is 1. The number of fused-ring (bicyclic) bond motifs is 1. The van der Waals surface area contributed by atoms with Gasteiger partial charge in [0, 0.05) is 25.1 Å². The molecular weight excluding hydrogens is 276 g/mol. The van der Waals surface area contributed by atoms with Crippen molar-refractivity contribution in [1.29, 1.82) is 0 Å². The number of benzene rings is 1. The summed E-state index contributed by atoms with van der Waals surface area (Å²) in [5, 5.41) is 10.0. The molecule has 2 rings (SSSR count). The predicted molar refractivity (Wildman–Crippen MR) is 80.0 cm³/mol. The third-order valence-electron chi connectivity index (χ3n) is 3.17. The van der Waals surface area contributed by atoms with Crippen LogP contribution in [0.3, 0.4) is 0 Å². The number of carbonyl (C=O) groups is 1. The number of hydrogen-bond donors (Lipinski definition) is 1. The summed E-state index contributed by atoms with van der Waals surface area (Å²) < 4.78 is 0. The van der Waals surface area contributed by atoms with E-state index in [0.717, 1.165) is 5.39 Å². The molecule has 0 radical (unpaired) electrons. The molecule has 0 unspecified atom stereocenters. The number of pyridine rings is 1. The van der Waals surface area contributed by atoms with Crippen molar-refractivity contribution in [2.24, 2.45) is 0 Å². The fraction of sp³-hybridized carbons (Fsp3) is 0.333. The van der Waals surface area contributed by atoms with Gasteiger partial charge in [0.05, 0.1) is 11.1 Å². The van der Waals surface area contributed by atoms with E-state index >= 15 is 0 Å². The van der Waals surface area contributed by atoms with Crippen molar-refractivity contribution in [3.05, 3.63) is 41.0 Å². The zero-order valence-corrected chi connectivity index (χ0v) is 12.1. The van der Waals surface area contributed by atoms with E-state index in [1.165, 1.54) is 0 Å². The first-order valence-corrected chi connectivity index (χ1v) is 7.00. The van der Waals surface area contributed by atoms with Crippen molar-refractivity contribution in [2.45, 2.75) is 13.3 Å². The second-order valence-electron chi connectivity index (χ2n) is 4.47. The maximum absolute atomic E-state index is 12.6. The number of hydrogen-bond acceptors (Lipinski definition) is 3. The van der Waals surface area contributed by atoms with Crippen molar-refractivity contribution < 1.29 is 9.90 Å². The normalized spacial score (nSPS) is 10.8. The number of aliphatic hydroxyl groups excluding tert-OH is 1. The molecular formula is C15H17ClN2O2. The van der Waals surface area contributed by atoms with Crippen LogP contribution in [0.25, 0.3) is 10.9 Å². The smallest absolute Gasteiger partial charge is 0.254 e. The maximum atomic E-state index is 12.6. The Bertz CT molecular complexity index is 616. The monoisotopic (exact) mass is 292 g/mol. The molecule has 0 saturated carbocycles. The molecule has 0 fully saturated rings. The summed E-state index contributed by atoms with van der Waals surface area (Å²) in [4.78, 5) is 18.5. The van der Waals surface area contributed by atoms with Gasteiger partial charge in [0.25, 0.3) is 5.91 Å². The second-order valence-corrected chi connectivity index (χ2v) is 4.86. The highest BCUT2D eigenvalue weighted by atomic mass is 35.5. The SMILES string of the molecule is CCN(CCCO)C(=O)c1cc(Cl)nc2ccccc12. The molecule has 0 atom stereocenters. The molecule has 0 spiro atoms. The van der Waals surface area contributed by atoms with Gasteiger partial charge in [0.2, 0.25) is 0 Å². The van der Waals surface area contributed by atoms with Crippen LogP contribution in [0.4, 0.5) is 0 Å². The number of rotatable bonds is 5. The van der Waals surface area contributed by atoms with E-state index in [-0.39, 0.29) is 12.5 Å². The first kappa shape index (κ1) is 14.8. The first-order valence-electron chi connectivity index (χ1n) is 6.62. The summed E-state index contributed by atoms with van der Waals surface area (Å²) in [5.41, 5.74) is 1.27. The molecule has 4 nitrogen and oxygen atoms in total. The van der Waals surface area contributed by atoms with Crippen molar-refractivity contribution in [2.75, 3.05) is 19.7 Å². The third kappa shape index (κ3) is 3.08. The lowest BCUT2D eigenvalue weighted by atomic mass is 10.1. The van der Waals surface area contributed by atoms with Gasteiger partial charge in [0.1, 0.15) is 5.15 Å². The second kappa shape index (κ2) is 6.68. The largest absolute Gasteiger partial charge is 0.396 e. The Hall–Kier alpha value is -1.65. The van der Waals surface area contributed by atoms with Crippen LogP contribution in [0.5, 0.6) is 0 Å². The number of aromatic nitrogens is 1. The molecule has 0 bridgehead atoms. The molecule has 2 aromatic rings. The van der Waals surface area contributed by atoms with E-state index in [2.05, 4.69) is 4.98 Å². The average Bonchev–Trinajstić information content (AvgIpc) is 2.46. The van der Waals surface area contributed by atoms with Crippen molar-refractivity contribution in [1.82, 2.24) is 9.88 Å². The number of amides is 1. The van der Waals surface area contributed by atoms with Crippen LogP contribution < -0.4 is 0 Å². The van der Waals surface area contributed by atoms with Crippen molar-refractivity contribution in [3.63, 3.8) is 0 Å². The molecule has 106 valence electrons. The summed E-state index contributed by atoms with van der Waals surface area (Å²) in [7, 11) is 0. The standard InChI is InChI=1S/C15H17ClN2O2/c1-2-18(8-5-9-19)15(20)12-10-14(16)17-13-7-4-3-6-11(12)13/h3-4,6-7,10,19H,2,5,8-9H2,1H3. The van der Waals surface area contributed by atoms with Gasteiger partial charge < -0.3 is 10.0 Å². The Morgan fingerprint density at radius 3 is 2.85 bits per heavy atom. The molecule has 1 N–H and O–H groups in total. The van der Waals surface area contributed by atoms with Gasteiger partial charge >= 0.3 is 0 Å². The molecule has 1 aromatic heterocycles. The van der Waals surface area contributed by atoms with E-state index in [9.17, 15) is 4.79 Å². The highest BCUT2D eigenvalue weighted by molar-refractivity contribution is 6.30. The van der Waals surface area contributed by atoms with Gasteiger partial charge in [0.15, 0.2) is 0 Å². The quantitative estimate of drug-likeness (QED) is 0.862. The Balaban J connectivity index is 2.42. The van der Waals surface area contributed by atoms with E-state index in [1.54, 1.807) is 11.0 Å². The highest BCUT2D eigenvalue weighted by Crippen LogP contribution is 2.22. The van der Waals surface area contributed by atoms with Gasteiger partial charge in [-0.15, -0.1) is 0 Å². The van der Waals surface area contributed by atoms with Crippen LogP contribution in [0.2, 0.25) is 5.15 Å². The number of para-hydroxylation sites is 1. The maximum Gasteiger partial charge on any atom is 0.254 e. The third-order valence-corrected chi connectivity index (χ3v) is 3.36. The summed E-state index contributed by atoms with van der Waals surface area (Å²) in [6.45, 7) is 3.11. The lowest BCUT2D eigenvalue weighted by Gasteiger charge is -2.21. The molecule has 0 aliphatic rings. The summed E-state index contributed by atoms with van der Waals surface area (Å²) in [5.74, 6) is -0.0820.